The van der Waals surface area contributed by atoms with E-state index in [2.05, 4.69) is 30.9 Å². The van der Waals surface area contributed by atoms with Gasteiger partial charge in [0.2, 0.25) is 0 Å². The molecule has 0 amide bonds. The number of rotatable bonds is 8. The van der Waals surface area contributed by atoms with Gasteiger partial charge in [0.05, 0.1) is 23.3 Å². The normalized spacial score (nSPS) is 13.1. The monoisotopic (exact) mass is 377 g/mol. The quantitative estimate of drug-likeness (QED) is 0.549. The number of guanidine groups is 1. The summed E-state index contributed by atoms with van der Waals surface area (Å²) in [6, 6.07) is 6.73. The zero-order valence-electron chi connectivity index (χ0n) is 15.9. The Kier molecular flexibility index (Phi) is 8.00. The first-order valence-corrected chi connectivity index (χ1v) is 9.72. The van der Waals surface area contributed by atoms with Gasteiger partial charge in [0, 0.05) is 24.9 Å². The van der Waals surface area contributed by atoms with Crippen molar-refractivity contribution >= 4 is 17.3 Å². The molecule has 0 bridgehead atoms. The largest absolute Gasteiger partial charge is 0.357 e. The van der Waals surface area contributed by atoms with E-state index in [9.17, 15) is 4.39 Å². The van der Waals surface area contributed by atoms with Crippen LogP contribution in [0.2, 0.25) is 0 Å². The SMILES string of the molecule is CCNC(=NCC(c1cccc(F)c1)N(C)C)NCCc1csc(C)n1. The van der Waals surface area contributed by atoms with E-state index >= 15 is 0 Å². The Hall–Kier alpha value is -1.99. The molecule has 7 heteroatoms. The highest BCUT2D eigenvalue weighted by Gasteiger charge is 2.14. The van der Waals surface area contributed by atoms with Crippen LogP contribution >= 0.6 is 11.3 Å². The third-order valence-electron chi connectivity index (χ3n) is 3.96. The number of aryl methyl sites for hydroxylation is 1. The van der Waals surface area contributed by atoms with Gasteiger partial charge in [-0.3, -0.25) is 4.99 Å². The summed E-state index contributed by atoms with van der Waals surface area (Å²) in [5.74, 6) is 0.546. The molecule has 0 fully saturated rings. The number of thiazole rings is 1. The zero-order valence-corrected chi connectivity index (χ0v) is 16.7. The van der Waals surface area contributed by atoms with Crippen LogP contribution in [0.25, 0.3) is 0 Å². The van der Waals surface area contributed by atoms with E-state index in [0.717, 1.165) is 41.7 Å². The molecule has 0 aliphatic heterocycles. The predicted octanol–water partition coefficient (Wildman–Crippen LogP) is 2.99. The summed E-state index contributed by atoms with van der Waals surface area (Å²) in [4.78, 5) is 11.2. The smallest absolute Gasteiger partial charge is 0.191 e. The number of hydrogen-bond acceptors (Lipinski definition) is 4. The lowest BCUT2D eigenvalue weighted by Crippen LogP contribution is -2.39. The van der Waals surface area contributed by atoms with Crippen LogP contribution in [0.1, 0.15) is 29.2 Å². The third-order valence-corrected chi connectivity index (χ3v) is 4.79. The van der Waals surface area contributed by atoms with Crippen LogP contribution in [0.4, 0.5) is 4.39 Å². The molecule has 0 spiro atoms. The topological polar surface area (TPSA) is 52.6 Å². The lowest BCUT2D eigenvalue weighted by Gasteiger charge is -2.23. The highest BCUT2D eigenvalue weighted by molar-refractivity contribution is 7.09. The molecule has 2 aromatic rings. The Balaban J connectivity index is 1.98. The molecule has 142 valence electrons. The van der Waals surface area contributed by atoms with E-state index < -0.39 is 0 Å². The summed E-state index contributed by atoms with van der Waals surface area (Å²) in [5.41, 5.74) is 2.02. The fourth-order valence-electron chi connectivity index (χ4n) is 2.63. The lowest BCUT2D eigenvalue weighted by atomic mass is 10.1. The van der Waals surface area contributed by atoms with E-state index in [-0.39, 0.29) is 11.9 Å². The maximum atomic E-state index is 13.6. The molecule has 1 atom stereocenters. The second-order valence-corrected chi connectivity index (χ2v) is 7.35. The van der Waals surface area contributed by atoms with Gasteiger partial charge < -0.3 is 15.5 Å². The van der Waals surface area contributed by atoms with Crippen molar-refractivity contribution in [3.05, 3.63) is 51.7 Å². The molecule has 2 rings (SSSR count). The van der Waals surface area contributed by atoms with Crippen LogP contribution in [-0.4, -0.2) is 49.6 Å². The van der Waals surface area contributed by atoms with E-state index in [1.165, 1.54) is 6.07 Å². The van der Waals surface area contributed by atoms with E-state index in [1.54, 1.807) is 23.5 Å². The molecule has 0 saturated carbocycles. The second-order valence-electron chi connectivity index (χ2n) is 6.29. The number of nitrogens with zero attached hydrogens (tertiary/aromatic N) is 3. The summed E-state index contributed by atoms with van der Waals surface area (Å²) in [6.45, 7) is 6.15. The predicted molar refractivity (Wildman–Crippen MR) is 107 cm³/mol. The molecule has 0 saturated heterocycles. The van der Waals surface area contributed by atoms with Gasteiger partial charge in [0.1, 0.15) is 5.82 Å². The molecule has 5 nitrogen and oxygen atoms in total. The highest BCUT2D eigenvalue weighted by Crippen LogP contribution is 2.19. The number of nitrogens with one attached hydrogen (secondary N) is 2. The number of aliphatic imine (C=N–C) groups is 1. The van der Waals surface area contributed by atoms with E-state index in [4.69, 9.17) is 0 Å². The minimum Gasteiger partial charge on any atom is -0.357 e. The fourth-order valence-corrected chi connectivity index (χ4v) is 3.28. The molecule has 0 radical (unpaired) electrons. The van der Waals surface area contributed by atoms with E-state index in [0.29, 0.717) is 6.54 Å². The summed E-state index contributed by atoms with van der Waals surface area (Å²) >= 11 is 1.67. The van der Waals surface area contributed by atoms with Gasteiger partial charge in [0.15, 0.2) is 5.96 Å². The van der Waals surface area contributed by atoms with Gasteiger partial charge in [-0.05, 0) is 45.6 Å². The Morgan fingerprint density at radius 2 is 2.15 bits per heavy atom. The summed E-state index contributed by atoms with van der Waals surface area (Å²) in [5, 5.41) is 9.78. The number of hydrogen-bond donors (Lipinski definition) is 2. The van der Waals surface area contributed by atoms with Crippen molar-refractivity contribution in [1.29, 1.82) is 0 Å². The first-order valence-electron chi connectivity index (χ1n) is 8.84. The van der Waals surface area contributed by atoms with Crippen molar-refractivity contribution < 1.29 is 4.39 Å². The molecule has 0 aliphatic rings. The number of likely N-dealkylation sites (N-methyl/N-ethyl adjacent to an activating group) is 1. The number of benzene rings is 1. The molecule has 1 aromatic heterocycles. The molecule has 1 unspecified atom stereocenters. The van der Waals surface area contributed by atoms with Crippen LogP contribution in [-0.2, 0) is 6.42 Å². The second kappa shape index (κ2) is 10.2. The first-order chi connectivity index (χ1) is 12.5. The average molecular weight is 378 g/mol. The van der Waals surface area contributed by atoms with Crippen LogP contribution in [0, 0.1) is 12.7 Å². The summed E-state index contributed by atoms with van der Waals surface area (Å²) in [6.07, 6.45) is 0.857. The van der Waals surface area contributed by atoms with Crippen molar-refractivity contribution in [3.63, 3.8) is 0 Å². The Morgan fingerprint density at radius 3 is 2.77 bits per heavy atom. The third kappa shape index (κ3) is 6.38. The van der Waals surface area contributed by atoms with Gasteiger partial charge in [-0.2, -0.15) is 0 Å². The fraction of sp³-hybridized carbons (Fsp3) is 0.474. The highest BCUT2D eigenvalue weighted by atomic mass is 32.1. The maximum Gasteiger partial charge on any atom is 0.191 e. The van der Waals surface area contributed by atoms with Crippen molar-refractivity contribution in [2.75, 3.05) is 33.7 Å². The van der Waals surface area contributed by atoms with Gasteiger partial charge in [-0.1, -0.05) is 12.1 Å². The van der Waals surface area contributed by atoms with Crippen LogP contribution < -0.4 is 10.6 Å². The van der Waals surface area contributed by atoms with Gasteiger partial charge >= 0.3 is 0 Å². The molecule has 2 N–H and O–H groups in total. The van der Waals surface area contributed by atoms with Crippen molar-refractivity contribution in [2.24, 2.45) is 4.99 Å². The number of aromatic nitrogens is 1. The molecule has 26 heavy (non-hydrogen) atoms. The molecule has 1 aromatic carbocycles. The van der Waals surface area contributed by atoms with Gasteiger partial charge in [0.25, 0.3) is 0 Å². The van der Waals surface area contributed by atoms with Crippen LogP contribution in [0.15, 0.2) is 34.6 Å². The van der Waals surface area contributed by atoms with Gasteiger partial charge in [-0.15, -0.1) is 11.3 Å². The average Bonchev–Trinajstić information content (AvgIpc) is 3.00. The number of halogens is 1. The van der Waals surface area contributed by atoms with Gasteiger partial charge in [-0.25, -0.2) is 9.37 Å². The molecular formula is C19H28FN5S. The Labute approximate surface area is 159 Å². The van der Waals surface area contributed by atoms with Crippen molar-refractivity contribution in [1.82, 2.24) is 20.5 Å². The summed E-state index contributed by atoms with van der Waals surface area (Å²) < 4.78 is 13.6. The molecular weight excluding hydrogens is 349 g/mol. The molecule has 0 aliphatic carbocycles. The zero-order chi connectivity index (χ0) is 18.9. The minimum atomic E-state index is -0.220. The molecule has 1 heterocycles. The summed E-state index contributed by atoms with van der Waals surface area (Å²) in [7, 11) is 3.96. The van der Waals surface area contributed by atoms with E-state index in [1.807, 2.05) is 34.0 Å². The minimum absolute atomic E-state index is 0.0161. The Bertz CT molecular complexity index is 713. The standard InChI is InChI=1S/C19H28FN5S/c1-5-21-19(22-10-9-17-13-26-14(2)24-17)23-12-18(25(3)4)15-7-6-8-16(20)11-15/h6-8,11,13,18H,5,9-10,12H2,1-4H3,(H2,21,22,23). The lowest BCUT2D eigenvalue weighted by molar-refractivity contribution is 0.305. The Morgan fingerprint density at radius 1 is 1.35 bits per heavy atom. The van der Waals surface area contributed by atoms with Crippen molar-refractivity contribution in [3.8, 4) is 0 Å². The first kappa shape index (κ1) is 20.3. The van der Waals surface area contributed by atoms with Crippen LogP contribution in [0.5, 0.6) is 0 Å². The maximum absolute atomic E-state index is 13.6. The van der Waals surface area contributed by atoms with Crippen molar-refractivity contribution in [2.45, 2.75) is 26.3 Å². The van der Waals surface area contributed by atoms with Crippen LogP contribution in [0.3, 0.4) is 0 Å².